The fourth-order valence-corrected chi connectivity index (χ4v) is 2.10. The smallest absolute Gasteiger partial charge is 0.384 e. The topological polar surface area (TPSA) is 20.2 Å². The van der Waals surface area contributed by atoms with E-state index in [0.717, 1.165) is 24.3 Å². The lowest BCUT2D eigenvalue weighted by Gasteiger charge is -2.16. The Morgan fingerprint density at radius 1 is 1.00 bits per heavy atom. The van der Waals surface area contributed by atoms with Crippen LogP contribution in [0.4, 0.5) is 22.0 Å². The molecule has 1 atom stereocenters. The van der Waals surface area contributed by atoms with Crippen molar-refractivity contribution >= 4 is 11.6 Å². The largest absolute Gasteiger partial charge is 0.419 e. The summed E-state index contributed by atoms with van der Waals surface area (Å²) >= 11 is 5.74. The Morgan fingerprint density at radius 2 is 1.67 bits per heavy atom. The zero-order chi connectivity index (χ0) is 15.8. The Morgan fingerprint density at radius 3 is 2.24 bits per heavy atom. The van der Waals surface area contributed by atoms with Crippen LogP contribution in [-0.2, 0) is 6.18 Å². The molecule has 1 nitrogen and oxygen atoms in total. The Balaban J connectivity index is 2.46. The number of benzene rings is 2. The van der Waals surface area contributed by atoms with Gasteiger partial charge in [0.2, 0.25) is 0 Å². The molecule has 0 aliphatic heterocycles. The Kier molecular flexibility index (Phi) is 4.20. The molecule has 0 saturated heterocycles. The summed E-state index contributed by atoms with van der Waals surface area (Å²) in [5, 5.41) is 9.91. The molecule has 2 aromatic carbocycles. The van der Waals surface area contributed by atoms with Gasteiger partial charge in [0.05, 0.1) is 5.56 Å². The summed E-state index contributed by atoms with van der Waals surface area (Å²) < 4.78 is 64.0. The van der Waals surface area contributed by atoms with Crippen LogP contribution in [0.3, 0.4) is 0 Å². The molecule has 0 aliphatic carbocycles. The van der Waals surface area contributed by atoms with Crippen LogP contribution < -0.4 is 0 Å². The molecule has 7 heteroatoms. The van der Waals surface area contributed by atoms with Crippen molar-refractivity contribution < 1.29 is 27.1 Å². The van der Waals surface area contributed by atoms with E-state index >= 15 is 0 Å². The van der Waals surface area contributed by atoms with Crippen LogP contribution >= 0.6 is 11.6 Å². The van der Waals surface area contributed by atoms with Gasteiger partial charge in [0, 0.05) is 10.6 Å². The number of rotatable bonds is 2. The van der Waals surface area contributed by atoms with Crippen LogP contribution in [0.2, 0.25) is 5.02 Å². The third-order valence-corrected chi connectivity index (χ3v) is 3.20. The normalized spacial score (nSPS) is 13.3. The van der Waals surface area contributed by atoms with Gasteiger partial charge in [-0.05, 0) is 29.8 Å². The van der Waals surface area contributed by atoms with E-state index < -0.39 is 29.5 Å². The van der Waals surface area contributed by atoms with E-state index in [-0.39, 0.29) is 16.1 Å². The lowest BCUT2D eigenvalue weighted by Crippen LogP contribution is -2.10. The van der Waals surface area contributed by atoms with Crippen molar-refractivity contribution in [3.05, 3.63) is 69.7 Å². The highest BCUT2D eigenvalue weighted by Gasteiger charge is 2.34. The summed E-state index contributed by atoms with van der Waals surface area (Å²) in [4.78, 5) is 0. The van der Waals surface area contributed by atoms with Gasteiger partial charge in [0.15, 0.2) is 0 Å². The molecule has 0 spiro atoms. The number of hydrogen-bond donors (Lipinski definition) is 1. The van der Waals surface area contributed by atoms with Gasteiger partial charge in [-0.1, -0.05) is 23.7 Å². The number of alkyl halides is 3. The monoisotopic (exact) mass is 322 g/mol. The van der Waals surface area contributed by atoms with Crippen molar-refractivity contribution in [2.24, 2.45) is 0 Å². The van der Waals surface area contributed by atoms with Crippen molar-refractivity contribution in [1.29, 1.82) is 0 Å². The zero-order valence-electron chi connectivity index (χ0n) is 10.3. The number of aliphatic hydroxyl groups excluding tert-OH is 1. The molecule has 0 radical (unpaired) electrons. The average Bonchev–Trinajstić information content (AvgIpc) is 2.37. The molecule has 2 rings (SSSR count). The van der Waals surface area contributed by atoms with Crippen molar-refractivity contribution in [2.45, 2.75) is 12.3 Å². The molecule has 0 aromatic heterocycles. The van der Waals surface area contributed by atoms with Gasteiger partial charge in [-0.3, -0.25) is 0 Å². The molecular weight excluding hydrogens is 315 g/mol. The molecule has 0 amide bonds. The minimum atomic E-state index is -4.88. The predicted molar refractivity (Wildman–Crippen MR) is 66.9 cm³/mol. The first-order chi connectivity index (χ1) is 9.70. The minimum absolute atomic E-state index is 0.0257. The van der Waals surface area contributed by atoms with E-state index in [2.05, 4.69) is 0 Å². The van der Waals surface area contributed by atoms with Crippen LogP contribution in [-0.4, -0.2) is 5.11 Å². The highest BCUT2D eigenvalue weighted by atomic mass is 35.5. The second kappa shape index (κ2) is 5.61. The first kappa shape index (κ1) is 15.7. The highest BCUT2D eigenvalue weighted by molar-refractivity contribution is 6.31. The maximum atomic E-state index is 13.2. The molecule has 2 aromatic rings. The fraction of sp³-hybridized carbons (Fsp3) is 0.143. The molecule has 0 fully saturated rings. The number of aliphatic hydroxyl groups is 1. The predicted octanol–water partition coefficient (Wildman–Crippen LogP) is 4.72. The number of halogens is 6. The lowest BCUT2D eigenvalue weighted by atomic mass is 9.99. The van der Waals surface area contributed by atoms with Crippen LogP contribution in [0.1, 0.15) is 22.8 Å². The summed E-state index contributed by atoms with van der Waals surface area (Å²) in [5.41, 5.74) is -1.66. The van der Waals surface area contributed by atoms with Crippen molar-refractivity contribution in [3.8, 4) is 0 Å². The Hall–Kier alpha value is -1.66. The minimum Gasteiger partial charge on any atom is -0.384 e. The molecule has 0 heterocycles. The molecular formula is C14H8ClF5O. The molecule has 0 bridgehead atoms. The van der Waals surface area contributed by atoms with Gasteiger partial charge in [-0.15, -0.1) is 0 Å². The summed E-state index contributed by atoms with van der Waals surface area (Å²) in [6.07, 6.45) is -6.41. The highest BCUT2D eigenvalue weighted by Crippen LogP contribution is 2.35. The molecule has 112 valence electrons. The molecule has 21 heavy (non-hydrogen) atoms. The van der Waals surface area contributed by atoms with E-state index in [9.17, 15) is 27.1 Å². The van der Waals surface area contributed by atoms with Crippen LogP contribution in [0, 0.1) is 11.6 Å². The van der Waals surface area contributed by atoms with Crippen molar-refractivity contribution in [2.75, 3.05) is 0 Å². The van der Waals surface area contributed by atoms with E-state index in [1.807, 2.05) is 0 Å². The third-order valence-electron chi connectivity index (χ3n) is 2.87. The quantitative estimate of drug-likeness (QED) is 0.793. The van der Waals surface area contributed by atoms with Crippen LogP contribution in [0.15, 0.2) is 36.4 Å². The van der Waals surface area contributed by atoms with Gasteiger partial charge < -0.3 is 5.11 Å². The summed E-state index contributed by atoms with van der Waals surface area (Å²) in [6, 6.07) is 5.21. The van der Waals surface area contributed by atoms with Gasteiger partial charge >= 0.3 is 6.18 Å². The van der Waals surface area contributed by atoms with E-state index in [4.69, 9.17) is 11.6 Å². The molecule has 1 N–H and O–H groups in total. The second-order valence-corrected chi connectivity index (χ2v) is 4.71. The van der Waals surface area contributed by atoms with Gasteiger partial charge in [-0.25, -0.2) is 8.78 Å². The van der Waals surface area contributed by atoms with Gasteiger partial charge in [-0.2, -0.15) is 13.2 Å². The van der Waals surface area contributed by atoms with E-state index in [1.165, 1.54) is 0 Å². The third kappa shape index (κ3) is 3.33. The van der Waals surface area contributed by atoms with Crippen LogP contribution in [0.5, 0.6) is 0 Å². The van der Waals surface area contributed by atoms with E-state index in [0.29, 0.717) is 12.1 Å². The Bertz CT molecular complexity index is 669. The average molecular weight is 323 g/mol. The maximum Gasteiger partial charge on any atom is 0.419 e. The van der Waals surface area contributed by atoms with Gasteiger partial charge in [0.1, 0.15) is 17.7 Å². The maximum absolute atomic E-state index is 13.2. The standard InChI is InChI=1S/C14H8ClF5O/c15-11-6-8(16)2-3-9(11)13(21)7-1-4-12(17)10(5-7)14(18,19)20/h1-6,13,21H. The summed E-state index contributed by atoms with van der Waals surface area (Å²) in [5.74, 6) is -2.09. The summed E-state index contributed by atoms with van der Waals surface area (Å²) in [7, 11) is 0. The first-order valence-electron chi connectivity index (χ1n) is 5.70. The van der Waals surface area contributed by atoms with E-state index in [1.54, 1.807) is 0 Å². The van der Waals surface area contributed by atoms with Gasteiger partial charge in [0.25, 0.3) is 0 Å². The second-order valence-electron chi connectivity index (χ2n) is 4.31. The van der Waals surface area contributed by atoms with Crippen molar-refractivity contribution in [1.82, 2.24) is 0 Å². The molecule has 0 aliphatic rings. The number of hydrogen-bond acceptors (Lipinski definition) is 1. The summed E-state index contributed by atoms with van der Waals surface area (Å²) in [6.45, 7) is 0. The van der Waals surface area contributed by atoms with Crippen molar-refractivity contribution in [3.63, 3.8) is 0 Å². The lowest BCUT2D eigenvalue weighted by molar-refractivity contribution is -0.140. The van der Waals surface area contributed by atoms with Crippen LogP contribution in [0.25, 0.3) is 0 Å². The Labute approximate surface area is 121 Å². The SMILES string of the molecule is OC(c1ccc(F)c(C(F)(F)F)c1)c1ccc(F)cc1Cl. The fourth-order valence-electron chi connectivity index (χ4n) is 1.83. The first-order valence-corrected chi connectivity index (χ1v) is 6.07. The molecule has 1 unspecified atom stereocenters. The molecule has 0 saturated carbocycles. The zero-order valence-corrected chi connectivity index (χ0v) is 11.0.